The number of rotatable bonds is 5. The van der Waals surface area contributed by atoms with Gasteiger partial charge in [-0.3, -0.25) is 9.59 Å². The molecule has 0 saturated carbocycles. The molecule has 5 rings (SSSR count). The molecule has 2 heterocycles. The summed E-state index contributed by atoms with van der Waals surface area (Å²) in [6, 6.07) is 18.9. The van der Waals surface area contributed by atoms with Crippen LogP contribution < -0.4 is 15.5 Å². The Labute approximate surface area is 206 Å². The van der Waals surface area contributed by atoms with Crippen LogP contribution in [-0.4, -0.2) is 18.2 Å². The maximum atomic E-state index is 13.6. The molecular formula is C29H31N3O3. The van der Waals surface area contributed by atoms with Crippen LogP contribution in [0.3, 0.4) is 0 Å². The second-order valence-electron chi connectivity index (χ2n) is 10.1. The van der Waals surface area contributed by atoms with Crippen LogP contribution in [0.15, 0.2) is 82.6 Å². The molecule has 180 valence electrons. The molecule has 35 heavy (non-hydrogen) atoms. The summed E-state index contributed by atoms with van der Waals surface area (Å²) < 4.78 is 5.87. The van der Waals surface area contributed by atoms with Crippen LogP contribution in [0.4, 0.5) is 17.1 Å². The summed E-state index contributed by atoms with van der Waals surface area (Å²) >= 11 is 0. The van der Waals surface area contributed by atoms with Crippen LogP contribution >= 0.6 is 0 Å². The van der Waals surface area contributed by atoms with Gasteiger partial charge in [0, 0.05) is 23.4 Å². The molecule has 0 saturated heterocycles. The van der Waals surface area contributed by atoms with E-state index in [0.29, 0.717) is 17.8 Å². The van der Waals surface area contributed by atoms with E-state index < -0.39 is 6.04 Å². The molecule has 2 aliphatic rings. The van der Waals surface area contributed by atoms with Gasteiger partial charge in [-0.25, -0.2) is 0 Å². The monoisotopic (exact) mass is 469 g/mol. The zero-order valence-electron chi connectivity index (χ0n) is 20.4. The number of benzene rings is 2. The second-order valence-corrected chi connectivity index (χ2v) is 10.1. The van der Waals surface area contributed by atoms with Crippen molar-refractivity contribution in [2.75, 3.05) is 22.1 Å². The molecule has 0 radical (unpaired) electrons. The smallest absolute Gasteiger partial charge is 0.243 e. The van der Waals surface area contributed by atoms with Gasteiger partial charge in [0.25, 0.3) is 0 Å². The van der Waals surface area contributed by atoms with Gasteiger partial charge in [-0.1, -0.05) is 51.1 Å². The maximum absolute atomic E-state index is 13.6. The predicted octanol–water partition coefficient (Wildman–Crippen LogP) is 6.10. The summed E-state index contributed by atoms with van der Waals surface area (Å²) in [6.07, 6.45) is 3.63. The first-order valence-corrected chi connectivity index (χ1v) is 12.2. The number of nitrogens with zero attached hydrogens (tertiary/aromatic N) is 1. The fourth-order valence-electron chi connectivity index (χ4n) is 5.26. The minimum atomic E-state index is -0.507. The van der Waals surface area contributed by atoms with E-state index in [0.717, 1.165) is 41.2 Å². The van der Waals surface area contributed by atoms with Gasteiger partial charge in [0.05, 0.1) is 24.2 Å². The Bertz CT molecular complexity index is 1290. The Morgan fingerprint density at radius 3 is 2.63 bits per heavy atom. The van der Waals surface area contributed by atoms with Gasteiger partial charge >= 0.3 is 0 Å². The van der Waals surface area contributed by atoms with Crippen LogP contribution in [0.2, 0.25) is 0 Å². The minimum absolute atomic E-state index is 0.0650. The average Bonchev–Trinajstić information content (AvgIpc) is 3.31. The van der Waals surface area contributed by atoms with Gasteiger partial charge in [0.15, 0.2) is 5.78 Å². The van der Waals surface area contributed by atoms with E-state index >= 15 is 0 Å². The number of ketones is 1. The van der Waals surface area contributed by atoms with Crippen molar-refractivity contribution in [3.8, 4) is 0 Å². The average molecular weight is 470 g/mol. The number of carbonyl (C=O) groups is 2. The van der Waals surface area contributed by atoms with Gasteiger partial charge in [-0.15, -0.1) is 0 Å². The molecule has 6 heteroatoms. The van der Waals surface area contributed by atoms with Gasteiger partial charge in [0.1, 0.15) is 11.8 Å². The number of hydrogen-bond acceptors (Lipinski definition) is 5. The van der Waals surface area contributed by atoms with E-state index in [-0.39, 0.29) is 23.7 Å². The molecule has 0 spiro atoms. The molecule has 1 aliphatic carbocycles. The summed E-state index contributed by atoms with van der Waals surface area (Å²) in [5.74, 6) is 0.579. The summed E-state index contributed by atoms with van der Waals surface area (Å²) in [4.78, 5) is 29.0. The number of carbonyl (C=O) groups excluding carboxylic acids is 2. The standard InChI is InChI=1S/C29H31N3O3/c1-4-19-10-5-6-11-20(19)31-26(34)18-32-23-13-8-7-12-21(23)30-22-16-29(2,3)17-24(33)27(22)28(32)25-14-9-15-35-25/h5-15,28,30H,4,16-18H2,1-3H3,(H,31,34)/t28-/m1/s1. The molecular weight excluding hydrogens is 438 g/mol. The van der Waals surface area contributed by atoms with Crippen molar-refractivity contribution in [2.45, 2.75) is 46.1 Å². The van der Waals surface area contributed by atoms with Crippen LogP contribution in [0, 0.1) is 5.41 Å². The lowest BCUT2D eigenvalue weighted by atomic mass is 9.74. The number of nitrogens with one attached hydrogen (secondary N) is 2. The molecule has 1 amide bonds. The Balaban J connectivity index is 1.59. The first kappa shape index (κ1) is 23.0. The molecule has 1 aromatic heterocycles. The normalized spacial score (nSPS) is 18.9. The number of hydrogen-bond donors (Lipinski definition) is 2. The Morgan fingerprint density at radius 2 is 1.86 bits per heavy atom. The number of furan rings is 1. The highest BCUT2D eigenvalue weighted by molar-refractivity contribution is 6.02. The van der Waals surface area contributed by atoms with Crippen LogP contribution in [0.1, 0.15) is 51.0 Å². The van der Waals surface area contributed by atoms with Crippen LogP contribution in [0.5, 0.6) is 0 Å². The predicted molar refractivity (Wildman–Crippen MR) is 138 cm³/mol. The summed E-state index contributed by atoms with van der Waals surface area (Å²) in [5.41, 5.74) is 5.05. The lowest BCUT2D eigenvalue weighted by Crippen LogP contribution is -2.40. The molecule has 0 fully saturated rings. The molecule has 2 N–H and O–H groups in total. The second kappa shape index (κ2) is 9.10. The van der Waals surface area contributed by atoms with E-state index in [1.807, 2.05) is 65.6 Å². The molecule has 0 bridgehead atoms. The van der Waals surface area contributed by atoms with E-state index in [1.54, 1.807) is 6.26 Å². The lowest BCUT2D eigenvalue weighted by Gasteiger charge is -2.36. The van der Waals surface area contributed by atoms with Crippen molar-refractivity contribution in [3.05, 3.63) is 89.5 Å². The Kier molecular flexibility index (Phi) is 5.97. The number of Topliss-reactive ketones (excluding diaryl/α,β-unsaturated/α-hetero) is 1. The topological polar surface area (TPSA) is 74.6 Å². The molecule has 6 nitrogen and oxygen atoms in total. The first-order valence-electron chi connectivity index (χ1n) is 12.2. The fourth-order valence-corrected chi connectivity index (χ4v) is 5.26. The maximum Gasteiger partial charge on any atom is 0.243 e. The zero-order valence-corrected chi connectivity index (χ0v) is 20.4. The number of allylic oxidation sites excluding steroid dienone is 1. The van der Waals surface area contributed by atoms with E-state index in [9.17, 15) is 9.59 Å². The Hall–Kier alpha value is -3.80. The van der Waals surface area contributed by atoms with Gasteiger partial charge in [0.2, 0.25) is 5.91 Å². The van der Waals surface area contributed by atoms with Gasteiger partial charge < -0.3 is 20.0 Å². The molecule has 3 aromatic rings. The van der Waals surface area contributed by atoms with Crippen molar-refractivity contribution in [1.29, 1.82) is 0 Å². The lowest BCUT2D eigenvalue weighted by molar-refractivity contribution is -0.119. The van der Waals surface area contributed by atoms with E-state index in [1.165, 1.54) is 0 Å². The molecule has 0 unspecified atom stereocenters. The summed E-state index contributed by atoms with van der Waals surface area (Å²) in [5, 5.41) is 6.64. The highest BCUT2D eigenvalue weighted by atomic mass is 16.3. The third-order valence-corrected chi connectivity index (χ3v) is 6.80. The highest BCUT2D eigenvalue weighted by Crippen LogP contribution is 2.48. The number of anilines is 3. The highest BCUT2D eigenvalue weighted by Gasteiger charge is 2.42. The molecule has 1 aliphatic heterocycles. The van der Waals surface area contributed by atoms with Crippen molar-refractivity contribution >= 4 is 28.8 Å². The van der Waals surface area contributed by atoms with Crippen molar-refractivity contribution < 1.29 is 14.0 Å². The molecule has 1 atom stereocenters. The fraction of sp³-hybridized carbons (Fsp3) is 0.310. The largest absolute Gasteiger partial charge is 0.467 e. The van der Waals surface area contributed by atoms with Crippen LogP contribution in [-0.2, 0) is 16.0 Å². The summed E-state index contributed by atoms with van der Waals surface area (Å²) in [7, 11) is 0. The van der Waals surface area contributed by atoms with Crippen molar-refractivity contribution in [3.63, 3.8) is 0 Å². The molecule has 2 aromatic carbocycles. The van der Waals surface area contributed by atoms with Gasteiger partial charge in [-0.05, 0) is 54.2 Å². The minimum Gasteiger partial charge on any atom is -0.467 e. The number of aryl methyl sites for hydroxylation is 1. The SMILES string of the molecule is CCc1ccccc1NC(=O)CN1c2ccccc2NC2=C(C(=O)CC(C)(C)C2)[C@H]1c1ccco1. The third kappa shape index (κ3) is 4.48. The first-order chi connectivity index (χ1) is 16.9. The van der Waals surface area contributed by atoms with Crippen molar-refractivity contribution in [1.82, 2.24) is 0 Å². The number of amides is 1. The number of para-hydroxylation sites is 3. The van der Waals surface area contributed by atoms with Gasteiger partial charge in [-0.2, -0.15) is 0 Å². The zero-order chi connectivity index (χ0) is 24.6. The van der Waals surface area contributed by atoms with Crippen LogP contribution in [0.25, 0.3) is 0 Å². The van der Waals surface area contributed by atoms with Crippen molar-refractivity contribution in [2.24, 2.45) is 5.41 Å². The number of fused-ring (bicyclic) bond motifs is 1. The quantitative estimate of drug-likeness (QED) is 0.472. The summed E-state index contributed by atoms with van der Waals surface area (Å²) in [6.45, 7) is 6.37. The van der Waals surface area contributed by atoms with E-state index in [4.69, 9.17) is 4.42 Å². The third-order valence-electron chi connectivity index (χ3n) is 6.80. The van der Waals surface area contributed by atoms with E-state index in [2.05, 4.69) is 31.4 Å². The Morgan fingerprint density at radius 1 is 1.09 bits per heavy atom.